The first kappa shape index (κ1) is 24.4. The molecule has 3 rings (SSSR count). The SMILES string of the molecule is CC(=O)c1ccc(NC(=O)CN(C(=O)N2CCN(C)CC2)S(=O)(=O)c2ccc(C)cc2)cc1. The van der Waals surface area contributed by atoms with Crippen LogP contribution in [0.1, 0.15) is 22.8 Å². The fourth-order valence-electron chi connectivity index (χ4n) is 3.37. The maximum Gasteiger partial charge on any atom is 0.334 e. The highest BCUT2D eigenvalue weighted by molar-refractivity contribution is 7.89. The van der Waals surface area contributed by atoms with Crippen LogP contribution in [0.4, 0.5) is 10.5 Å². The first-order valence-corrected chi connectivity index (χ1v) is 12.0. The number of carbonyl (C=O) groups is 3. The molecule has 0 aromatic heterocycles. The molecule has 10 heteroatoms. The Labute approximate surface area is 194 Å². The van der Waals surface area contributed by atoms with Gasteiger partial charge in [-0.2, -0.15) is 0 Å². The summed E-state index contributed by atoms with van der Waals surface area (Å²) in [7, 11) is -2.34. The number of aryl methyl sites for hydroxylation is 1. The minimum absolute atomic E-state index is 0.0609. The average molecular weight is 473 g/mol. The molecule has 9 nitrogen and oxygen atoms in total. The monoisotopic (exact) mass is 472 g/mol. The summed E-state index contributed by atoms with van der Waals surface area (Å²) in [6.45, 7) is 4.54. The molecule has 1 aliphatic heterocycles. The predicted molar refractivity (Wildman–Crippen MR) is 125 cm³/mol. The van der Waals surface area contributed by atoms with Crippen molar-refractivity contribution in [2.24, 2.45) is 0 Å². The largest absolute Gasteiger partial charge is 0.334 e. The van der Waals surface area contributed by atoms with Gasteiger partial charge in [-0.05, 0) is 57.3 Å². The van der Waals surface area contributed by atoms with E-state index in [1.807, 2.05) is 18.9 Å². The number of urea groups is 1. The molecule has 1 N–H and O–H groups in total. The molecule has 1 saturated heterocycles. The van der Waals surface area contributed by atoms with E-state index < -0.39 is 28.5 Å². The zero-order chi connectivity index (χ0) is 24.2. The number of anilines is 1. The summed E-state index contributed by atoms with van der Waals surface area (Å²) in [4.78, 5) is 40.8. The van der Waals surface area contributed by atoms with Gasteiger partial charge in [0.25, 0.3) is 10.0 Å². The third-order valence-electron chi connectivity index (χ3n) is 5.46. The van der Waals surface area contributed by atoms with E-state index in [-0.39, 0.29) is 10.7 Å². The number of sulfonamides is 1. The van der Waals surface area contributed by atoms with Crippen molar-refractivity contribution in [3.05, 3.63) is 59.7 Å². The van der Waals surface area contributed by atoms with E-state index in [1.165, 1.54) is 24.0 Å². The van der Waals surface area contributed by atoms with Crippen molar-refractivity contribution in [2.75, 3.05) is 45.1 Å². The van der Waals surface area contributed by atoms with Crippen LogP contribution in [0.25, 0.3) is 0 Å². The van der Waals surface area contributed by atoms with Crippen molar-refractivity contribution < 1.29 is 22.8 Å². The van der Waals surface area contributed by atoms with Crippen LogP contribution in [0.2, 0.25) is 0 Å². The highest BCUT2D eigenvalue weighted by Crippen LogP contribution is 2.19. The molecule has 2 aromatic rings. The van der Waals surface area contributed by atoms with Crippen LogP contribution in [-0.2, 0) is 14.8 Å². The lowest BCUT2D eigenvalue weighted by molar-refractivity contribution is -0.116. The van der Waals surface area contributed by atoms with Crippen molar-refractivity contribution in [1.82, 2.24) is 14.1 Å². The number of rotatable bonds is 6. The molecule has 33 heavy (non-hydrogen) atoms. The maximum absolute atomic E-state index is 13.4. The number of nitrogens with one attached hydrogen (secondary N) is 1. The van der Waals surface area contributed by atoms with Crippen LogP contribution >= 0.6 is 0 Å². The number of piperazine rings is 1. The number of Topliss-reactive ketones (excluding diaryl/α,β-unsaturated/α-hetero) is 1. The minimum atomic E-state index is -4.26. The molecule has 0 bridgehead atoms. The highest BCUT2D eigenvalue weighted by Gasteiger charge is 2.35. The number of hydrogen-bond acceptors (Lipinski definition) is 6. The fourth-order valence-corrected chi connectivity index (χ4v) is 4.71. The topological polar surface area (TPSA) is 107 Å². The average Bonchev–Trinajstić information content (AvgIpc) is 2.78. The summed E-state index contributed by atoms with van der Waals surface area (Å²) in [6.07, 6.45) is 0. The Morgan fingerprint density at radius 3 is 2.06 bits per heavy atom. The number of hydrogen-bond donors (Lipinski definition) is 1. The zero-order valence-electron chi connectivity index (χ0n) is 18.9. The molecule has 0 spiro atoms. The van der Waals surface area contributed by atoms with E-state index in [9.17, 15) is 22.8 Å². The lowest BCUT2D eigenvalue weighted by Gasteiger charge is -2.35. The van der Waals surface area contributed by atoms with E-state index in [1.54, 1.807) is 36.4 Å². The number of carbonyl (C=O) groups excluding carboxylic acids is 3. The van der Waals surface area contributed by atoms with Gasteiger partial charge in [0, 0.05) is 37.4 Å². The molecule has 3 amide bonds. The Hall–Kier alpha value is -3.24. The molecule has 1 aliphatic rings. The number of likely N-dealkylation sites (N-methyl/N-ethyl adjacent to an activating group) is 1. The van der Waals surface area contributed by atoms with Gasteiger partial charge in [-0.1, -0.05) is 17.7 Å². The van der Waals surface area contributed by atoms with E-state index in [4.69, 9.17) is 0 Å². The summed E-state index contributed by atoms with van der Waals surface area (Å²) in [5, 5.41) is 2.60. The minimum Gasteiger partial charge on any atom is -0.325 e. The Bertz CT molecular complexity index is 1120. The normalized spacial score (nSPS) is 14.6. The summed E-state index contributed by atoms with van der Waals surface area (Å²) in [5.74, 6) is -0.773. The molecule has 0 atom stereocenters. The Balaban J connectivity index is 1.84. The second-order valence-electron chi connectivity index (χ2n) is 8.08. The summed E-state index contributed by atoms with van der Waals surface area (Å²) in [6, 6.07) is 11.6. The molecule has 1 heterocycles. The maximum atomic E-state index is 13.4. The second-order valence-corrected chi connectivity index (χ2v) is 9.94. The molecule has 2 aromatic carbocycles. The molecular formula is C23H28N4O5S. The van der Waals surface area contributed by atoms with Gasteiger partial charge in [-0.3, -0.25) is 9.59 Å². The van der Waals surface area contributed by atoms with E-state index in [0.29, 0.717) is 41.7 Å². The van der Waals surface area contributed by atoms with Crippen molar-refractivity contribution in [2.45, 2.75) is 18.7 Å². The van der Waals surface area contributed by atoms with Crippen LogP contribution in [-0.4, -0.2) is 80.0 Å². The Morgan fingerprint density at radius 2 is 1.52 bits per heavy atom. The standard InChI is InChI=1S/C23H28N4O5S/c1-17-4-10-21(11-5-17)33(31,32)27(23(30)26-14-12-25(3)13-15-26)16-22(29)24-20-8-6-19(7-9-20)18(2)28/h4-11H,12-16H2,1-3H3,(H,24,29). The summed E-state index contributed by atoms with van der Waals surface area (Å²) >= 11 is 0. The second kappa shape index (κ2) is 10.1. The lowest BCUT2D eigenvalue weighted by atomic mass is 10.1. The number of amides is 3. The predicted octanol–water partition coefficient (Wildman–Crippen LogP) is 2.19. The van der Waals surface area contributed by atoms with Gasteiger partial charge in [0.15, 0.2) is 5.78 Å². The van der Waals surface area contributed by atoms with Gasteiger partial charge < -0.3 is 15.1 Å². The smallest absolute Gasteiger partial charge is 0.325 e. The van der Waals surface area contributed by atoms with Crippen molar-refractivity contribution in [3.63, 3.8) is 0 Å². The van der Waals surface area contributed by atoms with Crippen LogP contribution < -0.4 is 5.32 Å². The third kappa shape index (κ3) is 5.96. The van der Waals surface area contributed by atoms with Crippen LogP contribution in [0, 0.1) is 6.92 Å². The number of ketones is 1. The zero-order valence-corrected chi connectivity index (χ0v) is 19.8. The van der Waals surface area contributed by atoms with Gasteiger partial charge in [0.1, 0.15) is 6.54 Å². The Morgan fingerprint density at radius 1 is 0.939 bits per heavy atom. The molecule has 0 unspecified atom stereocenters. The lowest BCUT2D eigenvalue weighted by Crippen LogP contribution is -2.54. The van der Waals surface area contributed by atoms with Gasteiger partial charge in [-0.25, -0.2) is 17.5 Å². The quantitative estimate of drug-likeness (QED) is 0.646. The van der Waals surface area contributed by atoms with Crippen molar-refractivity contribution in [3.8, 4) is 0 Å². The van der Waals surface area contributed by atoms with E-state index >= 15 is 0 Å². The van der Waals surface area contributed by atoms with Gasteiger partial charge in [0.2, 0.25) is 5.91 Å². The molecule has 0 aliphatic carbocycles. The fraction of sp³-hybridized carbons (Fsp3) is 0.348. The van der Waals surface area contributed by atoms with Crippen LogP contribution in [0.5, 0.6) is 0 Å². The van der Waals surface area contributed by atoms with Gasteiger partial charge >= 0.3 is 6.03 Å². The van der Waals surface area contributed by atoms with E-state index in [2.05, 4.69) is 5.32 Å². The Kier molecular flexibility index (Phi) is 7.50. The van der Waals surface area contributed by atoms with Crippen LogP contribution in [0.15, 0.2) is 53.4 Å². The van der Waals surface area contributed by atoms with Crippen molar-refractivity contribution >= 4 is 33.4 Å². The van der Waals surface area contributed by atoms with E-state index in [0.717, 1.165) is 5.56 Å². The third-order valence-corrected chi connectivity index (χ3v) is 7.19. The molecule has 0 radical (unpaired) electrons. The summed E-state index contributed by atoms with van der Waals surface area (Å²) in [5.41, 5.74) is 1.75. The van der Waals surface area contributed by atoms with Gasteiger partial charge in [-0.15, -0.1) is 0 Å². The first-order chi connectivity index (χ1) is 15.6. The first-order valence-electron chi connectivity index (χ1n) is 10.6. The number of benzene rings is 2. The van der Waals surface area contributed by atoms with Crippen LogP contribution in [0.3, 0.4) is 0 Å². The molecule has 0 saturated carbocycles. The highest BCUT2D eigenvalue weighted by atomic mass is 32.2. The molecule has 1 fully saturated rings. The van der Waals surface area contributed by atoms with Gasteiger partial charge in [0.05, 0.1) is 4.90 Å². The summed E-state index contributed by atoms with van der Waals surface area (Å²) < 4.78 is 27.3. The van der Waals surface area contributed by atoms with Crippen molar-refractivity contribution in [1.29, 1.82) is 0 Å². The molecule has 176 valence electrons. The molecular weight excluding hydrogens is 444 g/mol. The number of nitrogens with zero attached hydrogens (tertiary/aromatic N) is 3.